The molecule has 2 heterocycles. The molecule has 5 nitrogen and oxygen atoms in total. The Bertz CT molecular complexity index is 774. The molecule has 1 amide bonds. The van der Waals surface area contributed by atoms with Gasteiger partial charge in [0.2, 0.25) is 0 Å². The molecule has 1 aromatic carbocycles. The first kappa shape index (κ1) is 12.3. The van der Waals surface area contributed by atoms with E-state index in [2.05, 4.69) is 15.3 Å². The van der Waals surface area contributed by atoms with Crippen molar-refractivity contribution in [2.24, 2.45) is 7.05 Å². The molecule has 20 heavy (non-hydrogen) atoms. The van der Waals surface area contributed by atoms with Gasteiger partial charge < -0.3 is 9.88 Å². The minimum atomic E-state index is -0.164. The number of fused-ring (bicyclic) bond motifs is 1. The molecule has 0 aliphatic heterocycles. The number of rotatable bonds is 2. The second kappa shape index (κ2) is 4.77. The summed E-state index contributed by atoms with van der Waals surface area (Å²) in [5, 5.41) is 3.83. The van der Waals surface area contributed by atoms with E-state index < -0.39 is 0 Å². The summed E-state index contributed by atoms with van der Waals surface area (Å²) in [5.41, 5.74) is 2.30. The normalized spacial score (nSPS) is 10.7. The summed E-state index contributed by atoms with van der Waals surface area (Å²) in [6, 6.07) is 7.61. The van der Waals surface area contributed by atoms with Crippen molar-refractivity contribution < 1.29 is 4.79 Å². The Morgan fingerprint density at radius 2 is 1.95 bits per heavy atom. The lowest BCUT2D eigenvalue weighted by Crippen LogP contribution is -2.12. The molecular formula is C15H14N4O. The van der Waals surface area contributed by atoms with Crippen LogP contribution in [0.3, 0.4) is 0 Å². The molecule has 3 aromatic rings. The van der Waals surface area contributed by atoms with Gasteiger partial charge in [0.15, 0.2) is 0 Å². The van der Waals surface area contributed by atoms with Gasteiger partial charge in [-0.3, -0.25) is 4.79 Å². The monoisotopic (exact) mass is 266 g/mol. The number of anilines is 1. The third-order valence-corrected chi connectivity index (χ3v) is 3.19. The lowest BCUT2D eigenvalue weighted by Gasteiger charge is -2.05. The van der Waals surface area contributed by atoms with Crippen LogP contribution in [0.1, 0.15) is 16.2 Å². The number of carbonyl (C=O) groups is 1. The van der Waals surface area contributed by atoms with Crippen LogP contribution in [0.25, 0.3) is 10.9 Å². The molecule has 0 unspecified atom stereocenters. The number of aryl methyl sites for hydroxylation is 2. The standard InChI is InChI=1S/C15H14N4O/c1-10-16-8-13(9-17-10)18-15(20)12-3-4-14-11(7-12)5-6-19(14)2/h3-9H,1-2H3,(H,18,20). The first-order valence-corrected chi connectivity index (χ1v) is 6.28. The highest BCUT2D eigenvalue weighted by atomic mass is 16.1. The van der Waals surface area contributed by atoms with Crippen molar-refractivity contribution >= 4 is 22.5 Å². The Labute approximate surface area is 116 Å². The molecule has 0 atom stereocenters. The second-order valence-corrected chi connectivity index (χ2v) is 4.67. The lowest BCUT2D eigenvalue weighted by atomic mass is 10.1. The third-order valence-electron chi connectivity index (χ3n) is 3.19. The van der Waals surface area contributed by atoms with E-state index in [-0.39, 0.29) is 5.91 Å². The fourth-order valence-corrected chi connectivity index (χ4v) is 2.08. The molecule has 0 saturated carbocycles. The van der Waals surface area contributed by atoms with Gasteiger partial charge in [-0.2, -0.15) is 0 Å². The molecular weight excluding hydrogens is 252 g/mol. The number of hydrogen-bond donors (Lipinski definition) is 1. The summed E-state index contributed by atoms with van der Waals surface area (Å²) >= 11 is 0. The van der Waals surface area contributed by atoms with Crippen molar-refractivity contribution in [1.82, 2.24) is 14.5 Å². The number of hydrogen-bond acceptors (Lipinski definition) is 3. The van der Waals surface area contributed by atoms with E-state index in [0.29, 0.717) is 17.1 Å². The van der Waals surface area contributed by atoms with Crippen LogP contribution in [0.2, 0.25) is 0 Å². The van der Waals surface area contributed by atoms with Crippen molar-refractivity contribution in [2.75, 3.05) is 5.32 Å². The Balaban J connectivity index is 1.86. The van der Waals surface area contributed by atoms with Gasteiger partial charge in [-0.15, -0.1) is 0 Å². The minimum absolute atomic E-state index is 0.164. The number of nitrogens with one attached hydrogen (secondary N) is 1. The molecule has 100 valence electrons. The van der Waals surface area contributed by atoms with Crippen molar-refractivity contribution in [2.45, 2.75) is 6.92 Å². The van der Waals surface area contributed by atoms with Gasteiger partial charge in [0, 0.05) is 29.7 Å². The van der Waals surface area contributed by atoms with Crippen LogP contribution in [0.15, 0.2) is 42.9 Å². The largest absolute Gasteiger partial charge is 0.351 e. The zero-order valence-electron chi connectivity index (χ0n) is 11.3. The maximum absolute atomic E-state index is 12.2. The van der Waals surface area contributed by atoms with E-state index in [4.69, 9.17) is 0 Å². The van der Waals surface area contributed by atoms with E-state index >= 15 is 0 Å². The first-order valence-electron chi connectivity index (χ1n) is 6.28. The molecule has 0 aliphatic carbocycles. The second-order valence-electron chi connectivity index (χ2n) is 4.67. The van der Waals surface area contributed by atoms with Crippen molar-refractivity contribution in [3.05, 3.63) is 54.2 Å². The van der Waals surface area contributed by atoms with Crippen LogP contribution in [-0.4, -0.2) is 20.4 Å². The zero-order chi connectivity index (χ0) is 14.1. The third kappa shape index (κ3) is 2.25. The molecule has 0 aliphatic rings. The highest BCUT2D eigenvalue weighted by Crippen LogP contribution is 2.17. The smallest absolute Gasteiger partial charge is 0.255 e. The van der Waals surface area contributed by atoms with Gasteiger partial charge in [0.25, 0.3) is 5.91 Å². The van der Waals surface area contributed by atoms with E-state index in [1.807, 2.05) is 42.1 Å². The lowest BCUT2D eigenvalue weighted by molar-refractivity contribution is 0.102. The van der Waals surface area contributed by atoms with Crippen LogP contribution in [0, 0.1) is 6.92 Å². The Morgan fingerprint density at radius 1 is 1.20 bits per heavy atom. The van der Waals surface area contributed by atoms with Crippen LogP contribution in [0.4, 0.5) is 5.69 Å². The summed E-state index contributed by atoms with van der Waals surface area (Å²) in [7, 11) is 1.98. The minimum Gasteiger partial charge on any atom is -0.351 e. The molecule has 0 saturated heterocycles. The highest BCUT2D eigenvalue weighted by molar-refractivity contribution is 6.06. The average molecular weight is 266 g/mol. The highest BCUT2D eigenvalue weighted by Gasteiger charge is 2.08. The quantitative estimate of drug-likeness (QED) is 0.775. The molecule has 3 rings (SSSR count). The molecule has 0 radical (unpaired) electrons. The zero-order valence-corrected chi connectivity index (χ0v) is 11.3. The van der Waals surface area contributed by atoms with Crippen molar-refractivity contribution in [3.63, 3.8) is 0 Å². The van der Waals surface area contributed by atoms with Gasteiger partial charge in [-0.1, -0.05) is 0 Å². The molecule has 0 spiro atoms. The van der Waals surface area contributed by atoms with Gasteiger partial charge >= 0.3 is 0 Å². The predicted octanol–water partition coefficient (Wildman–Crippen LogP) is 2.53. The van der Waals surface area contributed by atoms with Crippen LogP contribution in [0.5, 0.6) is 0 Å². The van der Waals surface area contributed by atoms with Gasteiger partial charge in [0.1, 0.15) is 5.82 Å². The van der Waals surface area contributed by atoms with Gasteiger partial charge in [-0.25, -0.2) is 9.97 Å². The Morgan fingerprint density at radius 3 is 2.70 bits per heavy atom. The average Bonchev–Trinajstić information content (AvgIpc) is 2.82. The Kier molecular flexibility index (Phi) is 2.95. The maximum Gasteiger partial charge on any atom is 0.255 e. The van der Waals surface area contributed by atoms with Crippen LogP contribution < -0.4 is 5.32 Å². The maximum atomic E-state index is 12.2. The fraction of sp³-hybridized carbons (Fsp3) is 0.133. The topological polar surface area (TPSA) is 59.8 Å². The SMILES string of the molecule is Cc1ncc(NC(=O)c2ccc3c(ccn3C)c2)cn1. The summed E-state index contributed by atoms with van der Waals surface area (Å²) in [4.78, 5) is 20.3. The van der Waals surface area contributed by atoms with E-state index in [1.54, 1.807) is 19.3 Å². The fourth-order valence-electron chi connectivity index (χ4n) is 2.08. The number of benzene rings is 1. The first-order chi connectivity index (χ1) is 9.63. The molecule has 1 N–H and O–H groups in total. The molecule has 5 heteroatoms. The van der Waals surface area contributed by atoms with Crippen LogP contribution in [-0.2, 0) is 7.05 Å². The summed E-state index contributed by atoms with van der Waals surface area (Å²) < 4.78 is 2.02. The number of aromatic nitrogens is 3. The van der Waals surface area contributed by atoms with Crippen molar-refractivity contribution in [1.29, 1.82) is 0 Å². The van der Waals surface area contributed by atoms with Crippen LogP contribution >= 0.6 is 0 Å². The summed E-state index contributed by atoms with van der Waals surface area (Å²) in [6.45, 7) is 1.80. The van der Waals surface area contributed by atoms with E-state index in [0.717, 1.165) is 10.9 Å². The number of amides is 1. The molecule has 2 aromatic heterocycles. The predicted molar refractivity (Wildman–Crippen MR) is 77.6 cm³/mol. The Hall–Kier alpha value is -2.69. The summed E-state index contributed by atoms with van der Waals surface area (Å²) in [6.07, 6.45) is 5.17. The van der Waals surface area contributed by atoms with Gasteiger partial charge in [-0.05, 0) is 31.2 Å². The molecule has 0 bridgehead atoms. The van der Waals surface area contributed by atoms with Crippen molar-refractivity contribution in [3.8, 4) is 0 Å². The van der Waals surface area contributed by atoms with E-state index in [9.17, 15) is 4.79 Å². The molecule has 0 fully saturated rings. The van der Waals surface area contributed by atoms with Gasteiger partial charge in [0.05, 0.1) is 18.1 Å². The number of nitrogens with zero attached hydrogens (tertiary/aromatic N) is 3. The summed E-state index contributed by atoms with van der Waals surface area (Å²) in [5.74, 6) is 0.511. The van der Waals surface area contributed by atoms with E-state index in [1.165, 1.54) is 0 Å². The number of carbonyl (C=O) groups excluding carboxylic acids is 1.